The summed E-state index contributed by atoms with van der Waals surface area (Å²) in [6.07, 6.45) is 0.789. The third-order valence-electron chi connectivity index (χ3n) is 4.29. The number of para-hydroxylation sites is 1. The third-order valence-corrected chi connectivity index (χ3v) is 6.10. The molecule has 1 atom stereocenters. The molecule has 0 aromatic heterocycles. The molecule has 0 bridgehead atoms. The summed E-state index contributed by atoms with van der Waals surface area (Å²) in [5, 5.41) is 0. The number of fused-ring (bicyclic) bond motifs is 1. The summed E-state index contributed by atoms with van der Waals surface area (Å²) in [5.41, 5.74) is 1.99. The molecule has 6 heteroatoms. The van der Waals surface area contributed by atoms with Gasteiger partial charge in [0.05, 0.1) is 11.4 Å². The zero-order chi connectivity index (χ0) is 17.3. The Morgan fingerprint density at radius 1 is 1.12 bits per heavy atom. The molecule has 1 aliphatic rings. The highest BCUT2D eigenvalue weighted by Crippen LogP contribution is 2.32. The quantitative estimate of drug-likeness (QED) is 0.855. The van der Waals surface area contributed by atoms with Crippen molar-refractivity contribution >= 4 is 21.6 Å². The van der Waals surface area contributed by atoms with Crippen LogP contribution in [-0.2, 0) is 21.2 Å². The molecular weight excluding hydrogens is 324 g/mol. The van der Waals surface area contributed by atoms with Crippen molar-refractivity contribution in [2.45, 2.75) is 24.3 Å². The van der Waals surface area contributed by atoms with Crippen LogP contribution in [-0.4, -0.2) is 38.3 Å². The second-order valence-corrected chi connectivity index (χ2v) is 8.06. The van der Waals surface area contributed by atoms with Crippen molar-refractivity contribution in [3.63, 3.8) is 0 Å². The van der Waals surface area contributed by atoms with Gasteiger partial charge in [0, 0.05) is 18.8 Å². The SMILES string of the molecule is C[C@H]1Cc2ccccc2N1C(=O)CN(C)S(=O)(=O)c1ccccc1. The number of anilines is 1. The molecule has 1 aliphatic heterocycles. The number of carbonyl (C=O) groups is 1. The van der Waals surface area contributed by atoms with Crippen molar-refractivity contribution < 1.29 is 13.2 Å². The highest BCUT2D eigenvalue weighted by molar-refractivity contribution is 7.89. The predicted octanol–water partition coefficient (Wildman–Crippen LogP) is 2.28. The topological polar surface area (TPSA) is 57.7 Å². The molecule has 0 spiro atoms. The largest absolute Gasteiger partial charge is 0.308 e. The van der Waals surface area contributed by atoms with Gasteiger partial charge in [-0.3, -0.25) is 4.79 Å². The summed E-state index contributed by atoms with van der Waals surface area (Å²) in [6.45, 7) is 1.79. The average molecular weight is 344 g/mol. The van der Waals surface area contributed by atoms with E-state index in [-0.39, 0.29) is 23.4 Å². The van der Waals surface area contributed by atoms with Crippen LogP contribution in [0.2, 0.25) is 0 Å². The number of hydrogen-bond donors (Lipinski definition) is 0. The summed E-state index contributed by atoms with van der Waals surface area (Å²) in [5.74, 6) is -0.213. The van der Waals surface area contributed by atoms with Crippen molar-refractivity contribution in [3.05, 3.63) is 60.2 Å². The fraction of sp³-hybridized carbons (Fsp3) is 0.278. The molecule has 0 aliphatic carbocycles. The number of hydrogen-bond acceptors (Lipinski definition) is 3. The summed E-state index contributed by atoms with van der Waals surface area (Å²) < 4.78 is 26.2. The van der Waals surface area contributed by atoms with Crippen LogP contribution in [0.15, 0.2) is 59.5 Å². The molecule has 3 rings (SSSR count). The number of benzene rings is 2. The van der Waals surface area contributed by atoms with Crippen molar-refractivity contribution in [1.82, 2.24) is 4.31 Å². The summed E-state index contributed by atoms with van der Waals surface area (Å²) in [6, 6.07) is 15.9. The van der Waals surface area contributed by atoms with E-state index in [1.54, 1.807) is 23.1 Å². The van der Waals surface area contributed by atoms with Crippen molar-refractivity contribution in [2.75, 3.05) is 18.5 Å². The number of sulfonamides is 1. The number of nitrogens with zero attached hydrogens (tertiary/aromatic N) is 2. The van der Waals surface area contributed by atoms with Gasteiger partial charge >= 0.3 is 0 Å². The van der Waals surface area contributed by atoms with E-state index in [0.717, 1.165) is 22.0 Å². The lowest BCUT2D eigenvalue weighted by molar-refractivity contribution is -0.118. The van der Waals surface area contributed by atoms with Crippen LogP contribution in [0.4, 0.5) is 5.69 Å². The Morgan fingerprint density at radius 3 is 2.46 bits per heavy atom. The Kier molecular flexibility index (Phi) is 4.43. The summed E-state index contributed by atoms with van der Waals surface area (Å²) in [7, 11) is -2.24. The molecule has 0 saturated carbocycles. The monoisotopic (exact) mass is 344 g/mol. The minimum Gasteiger partial charge on any atom is -0.308 e. The van der Waals surface area contributed by atoms with Crippen LogP contribution >= 0.6 is 0 Å². The zero-order valence-electron chi connectivity index (χ0n) is 13.7. The average Bonchev–Trinajstić information content (AvgIpc) is 2.91. The van der Waals surface area contributed by atoms with Gasteiger partial charge in [0.2, 0.25) is 15.9 Å². The maximum Gasteiger partial charge on any atom is 0.243 e. The lowest BCUT2D eigenvalue weighted by atomic mass is 10.1. The van der Waals surface area contributed by atoms with E-state index in [0.29, 0.717) is 0 Å². The van der Waals surface area contributed by atoms with Gasteiger partial charge in [-0.15, -0.1) is 0 Å². The molecule has 24 heavy (non-hydrogen) atoms. The predicted molar refractivity (Wildman–Crippen MR) is 93.4 cm³/mol. The Morgan fingerprint density at radius 2 is 1.75 bits per heavy atom. The smallest absolute Gasteiger partial charge is 0.243 e. The molecule has 2 aromatic carbocycles. The fourth-order valence-electron chi connectivity index (χ4n) is 3.07. The van der Waals surface area contributed by atoms with Crippen LogP contribution in [0, 0.1) is 0 Å². The van der Waals surface area contributed by atoms with Gasteiger partial charge in [-0.2, -0.15) is 4.31 Å². The zero-order valence-corrected chi connectivity index (χ0v) is 14.5. The molecule has 0 radical (unpaired) electrons. The van der Waals surface area contributed by atoms with Gasteiger partial charge in [-0.05, 0) is 37.1 Å². The molecule has 1 heterocycles. The number of carbonyl (C=O) groups excluding carboxylic acids is 1. The summed E-state index contributed by atoms with van der Waals surface area (Å²) >= 11 is 0. The van der Waals surface area contributed by atoms with Gasteiger partial charge in [-0.25, -0.2) is 8.42 Å². The van der Waals surface area contributed by atoms with E-state index >= 15 is 0 Å². The normalized spacial score (nSPS) is 17.1. The number of likely N-dealkylation sites (N-methyl/N-ethyl adjacent to an activating group) is 1. The second-order valence-electron chi connectivity index (χ2n) is 6.02. The maximum absolute atomic E-state index is 12.7. The van der Waals surface area contributed by atoms with Gasteiger partial charge in [0.1, 0.15) is 0 Å². The van der Waals surface area contributed by atoms with Crippen LogP contribution in [0.5, 0.6) is 0 Å². The van der Waals surface area contributed by atoms with Crippen LogP contribution in [0.1, 0.15) is 12.5 Å². The lowest BCUT2D eigenvalue weighted by Crippen LogP contribution is -2.43. The van der Waals surface area contributed by atoms with Crippen LogP contribution < -0.4 is 4.90 Å². The van der Waals surface area contributed by atoms with Gasteiger partial charge in [0.25, 0.3) is 0 Å². The highest BCUT2D eigenvalue weighted by Gasteiger charge is 2.32. The number of rotatable bonds is 4. The van der Waals surface area contributed by atoms with E-state index in [1.165, 1.54) is 19.2 Å². The molecule has 126 valence electrons. The molecule has 2 aromatic rings. The Bertz CT molecular complexity index is 850. The highest BCUT2D eigenvalue weighted by atomic mass is 32.2. The molecule has 1 amide bonds. The Hall–Kier alpha value is -2.18. The van der Waals surface area contributed by atoms with Crippen molar-refractivity contribution in [2.24, 2.45) is 0 Å². The minimum absolute atomic E-state index is 0.0303. The molecule has 0 saturated heterocycles. The van der Waals surface area contributed by atoms with E-state index in [1.807, 2.05) is 31.2 Å². The molecular formula is C18H20N2O3S. The van der Waals surface area contributed by atoms with E-state index in [2.05, 4.69) is 0 Å². The van der Waals surface area contributed by atoms with Crippen LogP contribution in [0.25, 0.3) is 0 Å². The second kappa shape index (κ2) is 6.37. The van der Waals surface area contributed by atoms with E-state index < -0.39 is 10.0 Å². The molecule has 0 N–H and O–H groups in total. The van der Waals surface area contributed by atoms with Crippen molar-refractivity contribution in [1.29, 1.82) is 0 Å². The summed E-state index contributed by atoms with van der Waals surface area (Å²) in [4.78, 5) is 14.6. The van der Waals surface area contributed by atoms with E-state index in [9.17, 15) is 13.2 Å². The first kappa shape index (κ1) is 16.7. The first-order chi connectivity index (χ1) is 11.4. The van der Waals surface area contributed by atoms with E-state index in [4.69, 9.17) is 0 Å². The lowest BCUT2D eigenvalue weighted by Gasteiger charge is -2.25. The standard InChI is InChI=1S/C18H20N2O3S/c1-14-12-15-8-6-7-11-17(15)20(14)18(21)13-19(2)24(22,23)16-9-4-3-5-10-16/h3-11,14H,12-13H2,1-2H3/t14-/m0/s1. The first-order valence-electron chi connectivity index (χ1n) is 7.82. The van der Waals surface area contributed by atoms with Gasteiger partial charge < -0.3 is 4.90 Å². The fourth-order valence-corrected chi connectivity index (χ4v) is 4.21. The van der Waals surface area contributed by atoms with Crippen LogP contribution in [0.3, 0.4) is 0 Å². The first-order valence-corrected chi connectivity index (χ1v) is 9.26. The van der Waals surface area contributed by atoms with Gasteiger partial charge in [-0.1, -0.05) is 36.4 Å². The van der Waals surface area contributed by atoms with Crippen molar-refractivity contribution in [3.8, 4) is 0 Å². The molecule has 5 nitrogen and oxygen atoms in total. The molecule has 0 fully saturated rings. The number of amides is 1. The Balaban J connectivity index is 1.80. The molecule has 0 unspecified atom stereocenters. The van der Waals surface area contributed by atoms with Gasteiger partial charge in [0.15, 0.2) is 0 Å². The maximum atomic E-state index is 12.7. The Labute approximate surface area is 142 Å². The minimum atomic E-state index is -3.67. The third kappa shape index (κ3) is 2.95.